The Labute approximate surface area is 119 Å². The van der Waals surface area contributed by atoms with Gasteiger partial charge in [-0.1, -0.05) is 12.8 Å². The van der Waals surface area contributed by atoms with E-state index in [1.165, 1.54) is 18.9 Å². The number of fused-ring (bicyclic) bond motifs is 1. The first-order valence-corrected chi connectivity index (χ1v) is 7.60. The molecule has 4 heteroatoms. The molecule has 2 unspecified atom stereocenters. The Kier molecular flexibility index (Phi) is 3.94. The number of morpholine rings is 1. The monoisotopic (exact) mass is 278 g/mol. The first-order valence-electron chi connectivity index (χ1n) is 7.60. The summed E-state index contributed by atoms with van der Waals surface area (Å²) in [5.41, 5.74) is 8.02. The van der Waals surface area contributed by atoms with Crippen LogP contribution in [-0.4, -0.2) is 25.3 Å². The Balaban J connectivity index is 1.94. The molecule has 0 radical (unpaired) electrons. The zero-order valence-electron chi connectivity index (χ0n) is 12.0. The van der Waals surface area contributed by atoms with Gasteiger partial charge in [-0.3, -0.25) is 0 Å². The molecular formula is C16H23FN2O. The number of ether oxygens (including phenoxy) is 1. The van der Waals surface area contributed by atoms with Crippen molar-refractivity contribution in [2.24, 2.45) is 5.73 Å². The Morgan fingerprint density at radius 3 is 2.95 bits per heavy atom. The van der Waals surface area contributed by atoms with Gasteiger partial charge in [0.05, 0.1) is 18.8 Å². The lowest BCUT2D eigenvalue weighted by Gasteiger charge is -2.46. The summed E-state index contributed by atoms with van der Waals surface area (Å²) in [6.07, 6.45) is 5.11. The van der Waals surface area contributed by atoms with Gasteiger partial charge >= 0.3 is 0 Å². The fraction of sp³-hybridized carbons (Fsp3) is 0.625. The SMILES string of the molecule is C[C@@H](N)c1cc(F)ccc1N1CCOC2CCCCC21. The summed E-state index contributed by atoms with van der Waals surface area (Å²) in [6.45, 7) is 3.53. The molecule has 1 aliphatic carbocycles. The second kappa shape index (κ2) is 5.70. The number of rotatable bonds is 2. The van der Waals surface area contributed by atoms with Gasteiger partial charge in [0.15, 0.2) is 0 Å². The van der Waals surface area contributed by atoms with Gasteiger partial charge < -0.3 is 15.4 Å². The summed E-state index contributed by atoms with van der Waals surface area (Å²) in [4.78, 5) is 2.39. The highest BCUT2D eigenvalue weighted by atomic mass is 19.1. The van der Waals surface area contributed by atoms with Crippen LogP contribution in [0.2, 0.25) is 0 Å². The number of benzene rings is 1. The van der Waals surface area contributed by atoms with E-state index in [0.29, 0.717) is 12.1 Å². The highest BCUT2D eigenvalue weighted by Crippen LogP contribution is 2.35. The third-order valence-electron chi connectivity index (χ3n) is 4.52. The fourth-order valence-electron chi connectivity index (χ4n) is 3.55. The van der Waals surface area contributed by atoms with Gasteiger partial charge in [0, 0.05) is 18.3 Å². The van der Waals surface area contributed by atoms with Crippen molar-refractivity contribution in [3.8, 4) is 0 Å². The summed E-state index contributed by atoms with van der Waals surface area (Å²) < 4.78 is 19.4. The average molecular weight is 278 g/mol. The lowest BCUT2D eigenvalue weighted by molar-refractivity contribution is -0.00875. The van der Waals surface area contributed by atoms with Crippen molar-refractivity contribution in [1.29, 1.82) is 0 Å². The standard InChI is InChI=1S/C16H23FN2O/c1-11(18)13-10-12(17)6-7-14(13)19-8-9-20-16-5-3-2-4-15(16)19/h6-7,10-11,15-16H,2-5,8-9,18H2,1H3/t11-,15?,16?/m1/s1. The molecule has 1 aromatic rings. The van der Waals surface area contributed by atoms with E-state index in [9.17, 15) is 4.39 Å². The molecule has 3 nitrogen and oxygen atoms in total. The second-order valence-corrected chi connectivity index (χ2v) is 5.95. The minimum Gasteiger partial charge on any atom is -0.374 e. The second-order valence-electron chi connectivity index (χ2n) is 5.95. The average Bonchev–Trinajstić information content (AvgIpc) is 2.46. The molecular weight excluding hydrogens is 255 g/mol. The van der Waals surface area contributed by atoms with Crippen LogP contribution >= 0.6 is 0 Å². The van der Waals surface area contributed by atoms with Gasteiger partial charge in [-0.05, 0) is 43.5 Å². The zero-order valence-corrected chi connectivity index (χ0v) is 12.0. The maximum atomic E-state index is 13.5. The minimum atomic E-state index is -0.213. The van der Waals surface area contributed by atoms with E-state index in [-0.39, 0.29) is 11.9 Å². The van der Waals surface area contributed by atoms with Crippen LogP contribution < -0.4 is 10.6 Å². The van der Waals surface area contributed by atoms with E-state index in [0.717, 1.165) is 37.2 Å². The van der Waals surface area contributed by atoms with Crippen LogP contribution in [0.1, 0.15) is 44.2 Å². The normalized spacial score (nSPS) is 28.1. The highest BCUT2D eigenvalue weighted by Gasteiger charge is 2.35. The molecule has 0 spiro atoms. The van der Waals surface area contributed by atoms with E-state index in [1.54, 1.807) is 6.07 Å². The molecule has 1 heterocycles. The fourth-order valence-corrected chi connectivity index (χ4v) is 3.55. The molecule has 0 bridgehead atoms. The topological polar surface area (TPSA) is 38.5 Å². The van der Waals surface area contributed by atoms with Gasteiger partial charge in [-0.25, -0.2) is 4.39 Å². The van der Waals surface area contributed by atoms with Crippen LogP contribution in [0.5, 0.6) is 0 Å². The molecule has 2 fully saturated rings. The maximum Gasteiger partial charge on any atom is 0.123 e. The predicted octanol–water partition coefficient (Wildman–Crippen LogP) is 2.99. The number of hydrogen-bond acceptors (Lipinski definition) is 3. The molecule has 1 aliphatic heterocycles. The summed E-state index contributed by atoms with van der Waals surface area (Å²) in [5.74, 6) is -0.213. The number of anilines is 1. The molecule has 2 N–H and O–H groups in total. The van der Waals surface area contributed by atoms with Gasteiger partial charge in [0.1, 0.15) is 5.82 Å². The smallest absolute Gasteiger partial charge is 0.123 e. The molecule has 1 saturated heterocycles. The summed E-state index contributed by atoms with van der Waals surface area (Å²) >= 11 is 0. The molecule has 2 aliphatic rings. The number of hydrogen-bond donors (Lipinski definition) is 1. The van der Waals surface area contributed by atoms with Gasteiger partial charge in [-0.2, -0.15) is 0 Å². The van der Waals surface area contributed by atoms with Gasteiger partial charge in [0.2, 0.25) is 0 Å². The molecule has 0 aromatic heterocycles. The molecule has 3 atom stereocenters. The highest BCUT2D eigenvalue weighted by molar-refractivity contribution is 5.56. The molecule has 1 saturated carbocycles. The molecule has 1 aromatic carbocycles. The van der Waals surface area contributed by atoms with Crippen LogP contribution in [0.3, 0.4) is 0 Å². The lowest BCUT2D eigenvalue weighted by atomic mass is 9.89. The summed E-state index contributed by atoms with van der Waals surface area (Å²) in [5, 5.41) is 0. The first-order chi connectivity index (χ1) is 9.66. The number of nitrogens with two attached hydrogens (primary N) is 1. The predicted molar refractivity (Wildman–Crippen MR) is 78.3 cm³/mol. The van der Waals surface area contributed by atoms with Crippen LogP contribution in [-0.2, 0) is 4.74 Å². The Morgan fingerprint density at radius 2 is 2.15 bits per heavy atom. The largest absolute Gasteiger partial charge is 0.374 e. The van der Waals surface area contributed by atoms with Crippen molar-refractivity contribution >= 4 is 5.69 Å². The number of nitrogens with zero attached hydrogens (tertiary/aromatic N) is 1. The molecule has 3 rings (SSSR count). The first kappa shape index (κ1) is 13.8. The van der Waals surface area contributed by atoms with Crippen LogP contribution in [0, 0.1) is 5.82 Å². The van der Waals surface area contributed by atoms with Gasteiger partial charge in [0.25, 0.3) is 0 Å². The van der Waals surface area contributed by atoms with E-state index < -0.39 is 0 Å². The van der Waals surface area contributed by atoms with E-state index >= 15 is 0 Å². The van der Waals surface area contributed by atoms with Gasteiger partial charge in [-0.15, -0.1) is 0 Å². The lowest BCUT2D eigenvalue weighted by Crippen LogP contribution is -2.53. The molecule has 110 valence electrons. The van der Waals surface area contributed by atoms with E-state index in [1.807, 2.05) is 13.0 Å². The quantitative estimate of drug-likeness (QED) is 0.904. The maximum absolute atomic E-state index is 13.5. The van der Waals surface area contributed by atoms with E-state index in [2.05, 4.69) is 4.90 Å². The van der Waals surface area contributed by atoms with Crippen molar-refractivity contribution < 1.29 is 9.13 Å². The van der Waals surface area contributed by atoms with Crippen molar-refractivity contribution in [3.05, 3.63) is 29.6 Å². The van der Waals surface area contributed by atoms with Crippen LogP contribution in [0.4, 0.5) is 10.1 Å². The minimum absolute atomic E-state index is 0.161. The van der Waals surface area contributed by atoms with Crippen molar-refractivity contribution in [3.63, 3.8) is 0 Å². The Bertz CT molecular complexity index is 476. The third kappa shape index (κ3) is 2.54. The molecule has 0 amide bonds. The van der Waals surface area contributed by atoms with Crippen LogP contribution in [0.25, 0.3) is 0 Å². The van der Waals surface area contributed by atoms with E-state index in [4.69, 9.17) is 10.5 Å². The number of halogens is 1. The van der Waals surface area contributed by atoms with Crippen molar-refractivity contribution in [2.75, 3.05) is 18.1 Å². The Hall–Kier alpha value is -1.13. The van der Waals surface area contributed by atoms with Crippen molar-refractivity contribution in [1.82, 2.24) is 0 Å². The molecule has 20 heavy (non-hydrogen) atoms. The van der Waals surface area contributed by atoms with Crippen molar-refractivity contribution in [2.45, 2.75) is 50.8 Å². The zero-order chi connectivity index (χ0) is 14.1. The van der Waals surface area contributed by atoms with Crippen LogP contribution in [0.15, 0.2) is 18.2 Å². The summed E-state index contributed by atoms with van der Waals surface area (Å²) in [6, 6.07) is 5.25. The summed E-state index contributed by atoms with van der Waals surface area (Å²) in [7, 11) is 0. The Morgan fingerprint density at radius 1 is 1.35 bits per heavy atom. The third-order valence-corrected chi connectivity index (χ3v) is 4.52.